The predicted octanol–water partition coefficient (Wildman–Crippen LogP) is 1.79. The Morgan fingerprint density at radius 1 is 1.22 bits per heavy atom. The molecule has 0 unspecified atom stereocenters. The van der Waals surface area contributed by atoms with Crippen molar-refractivity contribution in [2.24, 2.45) is 5.10 Å². The number of methoxy groups -OCH3 is 1. The third-order valence-corrected chi connectivity index (χ3v) is 3.29. The molecular formula is C17H16N4O6. The molecule has 0 aliphatic carbocycles. The first kappa shape index (κ1) is 19.4. The van der Waals surface area contributed by atoms with Gasteiger partial charge in [-0.05, 0) is 36.4 Å². The van der Waals surface area contributed by atoms with E-state index in [1.807, 2.05) is 0 Å². The first-order valence-corrected chi connectivity index (χ1v) is 7.62. The van der Waals surface area contributed by atoms with Gasteiger partial charge in [0, 0.05) is 17.3 Å². The molecule has 0 aliphatic heterocycles. The molecule has 2 amide bonds. The fraction of sp³-hybridized carbons (Fsp3) is 0.118. The molecule has 0 bridgehead atoms. The first-order valence-electron chi connectivity index (χ1n) is 7.62. The minimum absolute atomic E-state index is 0.294. The van der Waals surface area contributed by atoms with Gasteiger partial charge in [-0.3, -0.25) is 19.7 Å². The second-order valence-corrected chi connectivity index (χ2v) is 5.25. The number of rotatable bonds is 7. The SMILES string of the molecule is COc1ccc(NC(=O)CC(=O)N/N=C/c2ccc(O)c([N+](=O)[O-])c2)cc1. The number of nitrogens with one attached hydrogen (secondary N) is 2. The van der Waals surface area contributed by atoms with Gasteiger partial charge < -0.3 is 15.2 Å². The van der Waals surface area contributed by atoms with Gasteiger partial charge in [0.1, 0.15) is 12.2 Å². The number of anilines is 1. The highest BCUT2D eigenvalue weighted by Crippen LogP contribution is 2.25. The Labute approximate surface area is 153 Å². The van der Waals surface area contributed by atoms with E-state index < -0.39 is 34.6 Å². The van der Waals surface area contributed by atoms with Crippen LogP contribution in [0.15, 0.2) is 47.6 Å². The summed E-state index contributed by atoms with van der Waals surface area (Å²) in [5.74, 6) is -1.04. The number of amides is 2. The standard InChI is InChI=1S/C17H16N4O6/c1-27-13-5-3-12(4-6-13)19-16(23)9-17(24)20-18-10-11-2-7-15(22)14(8-11)21(25)26/h2-8,10,22H,9H2,1H3,(H,19,23)(H,20,24)/b18-10+. The van der Waals surface area contributed by atoms with Crippen LogP contribution < -0.4 is 15.5 Å². The van der Waals surface area contributed by atoms with Crippen molar-refractivity contribution in [3.8, 4) is 11.5 Å². The molecule has 0 heterocycles. The number of phenols is 1. The summed E-state index contributed by atoms with van der Waals surface area (Å²) in [6.07, 6.45) is 0.699. The second-order valence-electron chi connectivity index (χ2n) is 5.25. The average Bonchev–Trinajstić information content (AvgIpc) is 2.63. The van der Waals surface area contributed by atoms with Gasteiger partial charge in [-0.2, -0.15) is 5.10 Å². The topological polar surface area (TPSA) is 143 Å². The molecule has 0 fully saturated rings. The molecule has 27 heavy (non-hydrogen) atoms. The van der Waals surface area contributed by atoms with E-state index in [2.05, 4.69) is 15.8 Å². The molecule has 0 atom stereocenters. The number of aromatic hydroxyl groups is 1. The first-order chi connectivity index (χ1) is 12.9. The summed E-state index contributed by atoms with van der Waals surface area (Å²) >= 11 is 0. The molecule has 0 aromatic heterocycles. The van der Waals surface area contributed by atoms with E-state index in [-0.39, 0.29) is 0 Å². The van der Waals surface area contributed by atoms with Gasteiger partial charge in [0.15, 0.2) is 5.75 Å². The zero-order chi connectivity index (χ0) is 19.8. The Balaban J connectivity index is 1.86. The van der Waals surface area contributed by atoms with Crippen LogP contribution in [0.4, 0.5) is 11.4 Å². The van der Waals surface area contributed by atoms with Crippen molar-refractivity contribution in [3.63, 3.8) is 0 Å². The Morgan fingerprint density at radius 3 is 2.56 bits per heavy atom. The van der Waals surface area contributed by atoms with Crippen LogP contribution in [-0.4, -0.2) is 35.2 Å². The molecule has 0 spiro atoms. The maximum atomic E-state index is 11.8. The van der Waals surface area contributed by atoms with E-state index in [1.165, 1.54) is 13.2 Å². The Morgan fingerprint density at radius 2 is 1.93 bits per heavy atom. The third kappa shape index (κ3) is 5.81. The fourth-order valence-electron chi connectivity index (χ4n) is 2.01. The monoisotopic (exact) mass is 372 g/mol. The summed E-state index contributed by atoms with van der Waals surface area (Å²) in [4.78, 5) is 33.5. The zero-order valence-electron chi connectivity index (χ0n) is 14.2. The number of carbonyl (C=O) groups is 2. The number of nitrogens with zero attached hydrogens (tertiary/aromatic N) is 2. The fourth-order valence-corrected chi connectivity index (χ4v) is 2.01. The van der Waals surface area contributed by atoms with Gasteiger partial charge in [0.25, 0.3) is 0 Å². The van der Waals surface area contributed by atoms with Crippen LogP contribution in [0.5, 0.6) is 11.5 Å². The van der Waals surface area contributed by atoms with E-state index in [4.69, 9.17) is 4.74 Å². The van der Waals surface area contributed by atoms with Crippen LogP contribution >= 0.6 is 0 Å². The van der Waals surface area contributed by atoms with Crippen molar-refractivity contribution >= 4 is 29.4 Å². The van der Waals surface area contributed by atoms with E-state index in [0.29, 0.717) is 17.0 Å². The largest absolute Gasteiger partial charge is 0.502 e. The molecule has 0 radical (unpaired) electrons. The van der Waals surface area contributed by atoms with Gasteiger partial charge in [-0.25, -0.2) is 5.43 Å². The van der Waals surface area contributed by atoms with E-state index >= 15 is 0 Å². The van der Waals surface area contributed by atoms with Crippen molar-refractivity contribution in [2.75, 3.05) is 12.4 Å². The van der Waals surface area contributed by atoms with Crippen molar-refractivity contribution in [1.82, 2.24) is 5.43 Å². The normalized spacial score (nSPS) is 10.4. The molecule has 2 rings (SSSR count). The number of hydrogen-bond acceptors (Lipinski definition) is 7. The van der Waals surface area contributed by atoms with E-state index in [0.717, 1.165) is 18.3 Å². The molecule has 140 valence electrons. The van der Waals surface area contributed by atoms with Gasteiger partial charge in [0.05, 0.1) is 18.2 Å². The highest BCUT2D eigenvalue weighted by atomic mass is 16.6. The quantitative estimate of drug-likeness (QED) is 0.293. The molecule has 2 aromatic rings. The molecule has 0 aliphatic rings. The van der Waals surface area contributed by atoms with Crippen molar-refractivity contribution in [2.45, 2.75) is 6.42 Å². The van der Waals surface area contributed by atoms with Gasteiger partial charge in [-0.1, -0.05) is 0 Å². The lowest BCUT2D eigenvalue weighted by Gasteiger charge is -2.05. The molecule has 10 heteroatoms. The highest BCUT2D eigenvalue weighted by molar-refractivity contribution is 6.03. The Kier molecular flexibility index (Phi) is 6.42. The molecule has 10 nitrogen and oxygen atoms in total. The van der Waals surface area contributed by atoms with Crippen LogP contribution in [0.25, 0.3) is 0 Å². The number of nitro benzene ring substituents is 1. The maximum absolute atomic E-state index is 11.8. The summed E-state index contributed by atoms with van der Waals surface area (Å²) in [7, 11) is 1.52. The molecule has 0 saturated carbocycles. The maximum Gasteiger partial charge on any atom is 0.311 e. The highest BCUT2D eigenvalue weighted by Gasteiger charge is 2.13. The van der Waals surface area contributed by atoms with Crippen LogP contribution in [0.2, 0.25) is 0 Å². The summed E-state index contributed by atoms with van der Waals surface area (Å²) in [5.41, 5.74) is 2.47. The van der Waals surface area contributed by atoms with Gasteiger partial charge in [0.2, 0.25) is 11.8 Å². The van der Waals surface area contributed by atoms with Crippen LogP contribution in [-0.2, 0) is 9.59 Å². The number of phenolic OH excluding ortho intramolecular Hbond substituents is 1. The summed E-state index contributed by atoms with van der Waals surface area (Å²) < 4.78 is 5.00. The molecule has 3 N–H and O–H groups in total. The molecule has 0 saturated heterocycles. The second kappa shape index (κ2) is 8.94. The summed E-state index contributed by atoms with van der Waals surface area (Å²) in [5, 5.41) is 26.3. The zero-order valence-corrected chi connectivity index (χ0v) is 14.2. The van der Waals surface area contributed by atoms with Crippen LogP contribution in [0, 0.1) is 10.1 Å². The summed E-state index contributed by atoms with van der Waals surface area (Å²) in [6.45, 7) is 0. The lowest BCUT2D eigenvalue weighted by atomic mass is 10.2. The number of benzene rings is 2. The van der Waals surface area contributed by atoms with Gasteiger partial charge >= 0.3 is 5.69 Å². The van der Waals surface area contributed by atoms with E-state index in [1.54, 1.807) is 24.3 Å². The minimum atomic E-state index is -0.741. The Bertz CT molecular complexity index is 879. The average molecular weight is 372 g/mol. The van der Waals surface area contributed by atoms with Crippen molar-refractivity contribution in [1.29, 1.82) is 0 Å². The molecular weight excluding hydrogens is 356 g/mol. The predicted molar refractivity (Wildman–Crippen MR) is 96.7 cm³/mol. The Hall–Kier alpha value is -3.95. The lowest BCUT2D eigenvalue weighted by Crippen LogP contribution is -2.24. The smallest absolute Gasteiger partial charge is 0.311 e. The number of nitro groups is 1. The number of hydrogen-bond donors (Lipinski definition) is 3. The number of hydrazone groups is 1. The van der Waals surface area contributed by atoms with Crippen molar-refractivity contribution in [3.05, 3.63) is 58.1 Å². The van der Waals surface area contributed by atoms with Crippen LogP contribution in [0.1, 0.15) is 12.0 Å². The summed E-state index contributed by atoms with van der Waals surface area (Å²) in [6, 6.07) is 10.2. The lowest BCUT2D eigenvalue weighted by molar-refractivity contribution is -0.385. The van der Waals surface area contributed by atoms with Crippen molar-refractivity contribution < 1.29 is 24.4 Å². The number of carbonyl (C=O) groups excluding carboxylic acids is 2. The van der Waals surface area contributed by atoms with E-state index in [9.17, 15) is 24.8 Å². The molecule has 2 aromatic carbocycles. The third-order valence-electron chi connectivity index (χ3n) is 3.29. The van der Waals surface area contributed by atoms with Gasteiger partial charge in [-0.15, -0.1) is 0 Å². The van der Waals surface area contributed by atoms with Crippen LogP contribution in [0.3, 0.4) is 0 Å². The number of ether oxygens (including phenoxy) is 1. The minimum Gasteiger partial charge on any atom is -0.502 e.